The fourth-order valence-corrected chi connectivity index (χ4v) is 2.93. The van der Waals surface area contributed by atoms with Crippen molar-refractivity contribution < 1.29 is 4.39 Å². The van der Waals surface area contributed by atoms with Gasteiger partial charge in [-0.1, -0.05) is 19.8 Å². The molecule has 2 rings (SSSR count). The summed E-state index contributed by atoms with van der Waals surface area (Å²) in [5.74, 6) is -0.176. The Bertz CT molecular complexity index is 362. The standard InChI is InChI=1S/C16H25FN2/c1-2-5-16-6-3-4-12-19(16)13-11-18-15-9-7-14(17)8-10-15/h7-10,16,18H,2-6,11-13H2,1H3. The number of piperidine rings is 1. The first kappa shape index (κ1) is 14.3. The van der Waals surface area contributed by atoms with E-state index < -0.39 is 0 Å². The molecule has 0 aliphatic carbocycles. The minimum Gasteiger partial charge on any atom is -0.384 e. The molecule has 0 spiro atoms. The first-order valence-electron chi connectivity index (χ1n) is 7.53. The number of hydrogen-bond donors (Lipinski definition) is 1. The molecule has 3 heteroatoms. The fourth-order valence-electron chi connectivity index (χ4n) is 2.93. The predicted octanol–water partition coefficient (Wildman–Crippen LogP) is 3.89. The highest BCUT2D eigenvalue weighted by Crippen LogP contribution is 2.20. The highest BCUT2D eigenvalue weighted by atomic mass is 19.1. The van der Waals surface area contributed by atoms with Crippen molar-refractivity contribution in [3.63, 3.8) is 0 Å². The van der Waals surface area contributed by atoms with Crippen molar-refractivity contribution in [2.24, 2.45) is 0 Å². The van der Waals surface area contributed by atoms with Gasteiger partial charge >= 0.3 is 0 Å². The molecule has 1 fully saturated rings. The fraction of sp³-hybridized carbons (Fsp3) is 0.625. The highest BCUT2D eigenvalue weighted by Gasteiger charge is 2.20. The summed E-state index contributed by atoms with van der Waals surface area (Å²) < 4.78 is 12.8. The van der Waals surface area contributed by atoms with E-state index in [9.17, 15) is 4.39 Å². The number of anilines is 1. The Balaban J connectivity index is 1.75. The number of hydrogen-bond acceptors (Lipinski definition) is 2. The molecule has 0 bridgehead atoms. The minimum atomic E-state index is -0.176. The largest absolute Gasteiger partial charge is 0.384 e. The van der Waals surface area contributed by atoms with Crippen LogP contribution in [-0.4, -0.2) is 30.6 Å². The van der Waals surface area contributed by atoms with Gasteiger partial charge in [0.1, 0.15) is 5.82 Å². The van der Waals surface area contributed by atoms with Gasteiger partial charge in [0.05, 0.1) is 0 Å². The van der Waals surface area contributed by atoms with Crippen LogP contribution in [0.3, 0.4) is 0 Å². The molecule has 0 aromatic heterocycles. The molecular formula is C16H25FN2. The number of nitrogens with one attached hydrogen (secondary N) is 1. The number of rotatable bonds is 6. The predicted molar refractivity (Wildman–Crippen MR) is 79.0 cm³/mol. The molecule has 2 nitrogen and oxygen atoms in total. The Morgan fingerprint density at radius 2 is 2.05 bits per heavy atom. The summed E-state index contributed by atoms with van der Waals surface area (Å²) in [4.78, 5) is 2.61. The van der Waals surface area contributed by atoms with Crippen LogP contribution in [0.4, 0.5) is 10.1 Å². The van der Waals surface area contributed by atoms with Gasteiger partial charge in [-0.3, -0.25) is 4.90 Å². The second-order valence-corrected chi connectivity index (χ2v) is 5.41. The zero-order valence-corrected chi connectivity index (χ0v) is 11.9. The number of benzene rings is 1. The summed E-state index contributed by atoms with van der Waals surface area (Å²) in [7, 11) is 0. The van der Waals surface area contributed by atoms with Gasteiger partial charge < -0.3 is 5.32 Å². The van der Waals surface area contributed by atoms with E-state index >= 15 is 0 Å². The van der Waals surface area contributed by atoms with E-state index in [0.29, 0.717) is 0 Å². The Labute approximate surface area is 116 Å². The van der Waals surface area contributed by atoms with Gasteiger partial charge in [0.15, 0.2) is 0 Å². The van der Waals surface area contributed by atoms with E-state index in [1.807, 2.05) is 0 Å². The third-order valence-corrected chi connectivity index (χ3v) is 3.94. The summed E-state index contributed by atoms with van der Waals surface area (Å²) in [5.41, 5.74) is 1.01. The normalized spacial score (nSPS) is 20.4. The molecule has 1 aromatic rings. The van der Waals surface area contributed by atoms with E-state index in [1.165, 1.54) is 50.8 Å². The first-order valence-corrected chi connectivity index (χ1v) is 7.53. The molecule has 1 unspecified atom stereocenters. The summed E-state index contributed by atoms with van der Waals surface area (Å²) >= 11 is 0. The molecule has 0 radical (unpaired) electrons. The monoisotopic (exact) mass is 264 g/mol. The lowest BCUT2D eigenvalue weighted by Gasteiger charge is -2.35. The zero-order valence-electron chi connectivity index (χ0n) is 11.9. The van der Waals surface area contributed by atoms with Crippen molar-refractivity contribution in [3.05, 3.63) is 30.1 Å². The number of halogens is 1. The van der Waals surface area contributed by atoms with Crippen molar-refractivity contribution in [1.29, 1.82) is 0 Å². The molecule has 1 saturated heterocycles. The lowest BCUT2D eigenvalue weighted by Crippen LogP contribution is -2.41. The van der Waals surface area contributed by atoms with Crippen LogP contribution in [0.2, 0.25) is 0 Å². The van der Waals surface area contributed by atoms with E-state index in [2.05, 4.69) is 17.1 Å². The van der Waals surface area contributed by atoms with Gasteiger partial charge in [-0.15, -0.1) is 0 Å². The molecule has 1 aliphatic heterocycles. The molecular weight excluding hydrogens is 239 g/mol. The topological polar surface area (TPSA) is 15.3 Å². The van der Waals surface area contributed by atoms with Gasteiger partial charge in [-0.2, -0.15) is 0 Å². The van der Waals surface area contributed by atoms with Crippen LogP contribution in [0.5, 0.6) is 0 Å². The van der Waals surface area contributed by atoms with Crippen molar-refractivity contribution in [2.75, 3.05) is 25.0 Å². The Morgan fingerprint density at radius 1 is 1.26 bits per heavy atom. The maximum atomic E-state index is 12.8. The Morgan fingerprint density at radius 3 is 2.79 bits per heavy atom. The first-order chi connectivity index (χ1) is 9.29. The van der Waals surface area contributed by atoms with Crippen molar-refractivity contribution in [2.45, 2.75) is 45.1 Å². The Kier molecular flexibility index (Phi) is 5.64. The van der Waals surface area contributed by atoms with Crippen LogP contribution in [0, 0.1) is 5.82 Å². The molecule has 1 aliphatic rings. The summed E-state index contributed by atoms with van der Waals surface area (Å²) in [5, 5.41) is 3.37. The van der Waals surface area contributed by atoms with Crippen molar-refractivity contribution in [1.82, 2.24) is 4.90 Å². The molecule has 1 aromatic carbocycles. The second kappa shape index (κ2) is 7.49. The average Bonchev–Trinajstić information content (AvgIpc) is 2.43. The van der Waals surface area contributed by atoms with Gasteiger partial charge in [0.2, 0.25) is 0 Å². The van der Waals surface area contributed by atoms with Crippen LogP contribution in [0.25, 0.3) is 0 Å². The van der Waals surface area contributed by atoms with E-state index in [-0.39, 0.29) is 5.82 Å². The smallest absolute Gasteiger partial charge is 0.123 e. The van der Waals surface area contributed by atoms with Gasteiger partial charge in [-0.05, 0) is 50.1 Å². The van der Waals surface area contributed by atoms with Crippen LogP contribution in [0.15, 0.2) is 24.3 Å². The van der Waals surface area contributed by atoms with Crippen molar-refractivity contribution in [3.8, 4) is 0 Å². The maximum Gasteiger partial charge on any atom is 0.123 e. The quantitative estimate of drug-likeness (QED) is 0.838. The van der Waals surface area contributed by atoms with Crippen LogP contribution >= 0.6 is 0 Å². The molecule has 0 saturated carbocycles. The second-order valence-electron chi connectivity index (χ2n) is 5.41. The Hall–Kier alpha value is -1.09. The summed E-state index contributed by atoms with van der Waals surface area (Å²) in [6.07, 6.45) is 6.65. The molecule has 19 heavy (non-hydrogen) atoms. The van der Waals surface area contributed by atoms with Gasteiger partial charge in [-0.25, -0.2) is 4.39 Å². The molecule has 1 heterocycles. The van der Waals surface area contributed by atoms with Crippen LogP contribution < -0.4 is 5.32 Å². The molecule has 0 amide bonds. The zero-order chi connectivity index (χ0) is 13.5. The lowest BCUT2D eigenvalue weighted by molar-refractivity contribution is 0.145. The molecule has 1 N–H and O–H groups in total. The molecule has 106 valence electrons. The van der Waals surface area contributed by atoms with E-state index in [4.69, 9.17) is 0 Å². The summed E-state index contributed by atoms with van der Waals surface area (Å²) in [6.45, 7) is 5.52. The lowest BCUT2D eigenvalue weighted by atomic mass is 9.98. The van der Waals surface area contributed by atoms with Crippen LogP contribution in [-0.2, 0) is 0 Å². The third-order valence-electron chi connectivity index (χ3n) is 3.94. The van der Waals surface area contributed by atoms with Gasteiger partial charge in [0.25, 0.3) is 0 Å². The van der Waals surface area contributed by atoms with Crippen LogP contribution in [0.1, 0.15) is 39.0 Å². The average molecular weight is 264 g/mol. The van der Waals surface area contributed by atoms with E-state index in [1.54, 1.807) is 12.1 Å². The minimum absolute atomic E-state index is 0.176. The number of likely N-dealkylation sites (tertiary alicyclic amines) is 1. The van der Waals surface area contributed by atoms with E-state index in [0.717, 1.165) is 24.8 Å². The van der Waals surface area contributed by atoms with Crippen molar-refractivity contribution >= 4 is 5.69 Å². The third kappa shape index (κ3) is 4.50. The number of nitrogens with zero attached hydrogens (tertiary/aromatic N) is 1. The maximum absolute atomic E-state index is 12.8. The SMILES string of the molecule is CCCC1CCCCN1CCNc1ccc(F)cc1. The van der Waals surface area contributed by atoms with Gasteiger partial charge in [0, 0.05) is 24.8 Å². The molecule has 1 atom stereocenters. The summed E-state index contributed by atoms with van der Waals surface area (Å²) in [6, 6.07) is 7.38. The highest BCUT2D eigenvalue weighted by molar-refractivity contribution is 5.42.